The lowest BCUT2D eigenvalue weighted by atomic mass is 10.1. The summed E-state index contributed by atoms with van der Waals surface area (Å²) in [4.78, 5) is 12.5. The van der Waals surface area contributed by atoms with Crippen LogP contribution in [0.5, 0.6) is 0 Å². The number of benzene rings is 2. The first kappa shape index (κ1) is 21.5. The first-order valence-electron chi connectivity index (χ1n) is 10.1. The molecule has 31 heavy (non-hydrogen) atoms. The smallest absolute Gasteiger partial charge is 0.262 e. The van der Waals surface area contributed by atoms with Gasteiger partial charge in [-0.3, -0.25) is 4.79 Å². The molecule has 3 aromatic rings. The van der Waals surface area contributed by atoms with Gasteiger partial charge < -0.3 is 14.6 Å². The molecule has 1 unspecified atom stereocenters. The van der Waals surface area contributed by atoms with Gasteiger partial charge in [-0.05, 0) is 42.7 Å². The highest BCUT2D eigenvalue weighted by Gasteiger charge is 2.18. The minimum Gasteiger partial charge on any atom is -0.376 e. The van der Waals surface area contributed by atoms with Crippen LogP contribution in [0.4, 0.5) is 0 Å². The number of para-hydroxylation sites is 1. The fourth-order valence-corrected chi connectivity index (χ4v) is 4.09. The molecule has 5 nitrogen and oxygen atoms in total. The van der Waals surface area contributed by atoms with Gasteiger partial charge in [-0.1, -0.05) is 47.5 Å². The molecule has 7 heteroatoms. The summed E-state index contributed by atoms with van der Waals surface area (Å²) in [5, 5.41) is 14.4. The number of aromatic nitrogens is 1. The Morgan fingerprint density at radius 1 is 1.26 bits per heavy atom. The van der Waals surface area contributed by atoms with Crippen LogP contribution in [0.2, 0.25) is 10.0 Å². The minimum absolute atomic E-state index is 0.0250. The van der Waals surface area contributed by atoms with Crippen molar-refractivity contribution in [1.29, 1.82) is 5.26 Å². The molecule has 1 aliphatic rings. The van der Waals surface area contributed by atoms with Gasteiger partial charge in [-0.2, -0.15) is 5.26 Å². The fourth-order valence-electron chi connectivity index (χ4n) is 3.77. The number of fused-ring (bicyclic) bond motifs is 1. The molecule has 4 rings (SSSR count). The molecule has 0 radical (unpaired) electrons. The summed E-state index contributed by atoms with van der Waals surface area (Å²) < 4.78 is 7.60. The van der Waals surface area contributed by atoms with E-state index in [1.807, 2.05) is 48.7 Å². The first-order chi connectivity index (χ1) is 15.0. The van der Waals surface area contributed by atoms with Crippen LogP contribution in [0.15, 0.2) is 54.2 Å². The van der Waals surface area contributed by atoms with Gasteiger partial charge in [0, 0.05) is 42.4 Å². The number of carbonyl (C=O) groups is 1. The van der Waals surface area contributed by atoms with Crippen molar-refractivity contribution in [1.82, 2.24) is 9.88 Å². The molecule has 158 valence electrons. The molecule has 2 aromatic carbocycles. The van der Waals surface area contributed by atoms with E-state index in [0.29, 0.717) is 23.1 Å². The lowest BCUT2D eigenvalue weighted by Gasteiger charge is -2.10. The van der Waals surface area contributed by atoms with Crippen molar-refractivity contribution in [2.24, 2.45) is 0 Å². The summed E-state index contributed by atoms with van der Waals surface area (Å²) >= 11 is 12.2. The van der Waals surface area contributed by atoms with Gasteiger partial charge in [0.05, 0.1) is 16.1 Å². The first-order valence-corrected chi connectivity index (χ1v) is 10.8. The normalized spacial score (nSPS) is 16.4. The maximum absolute atomic E-state index is 12.5. The molecular formula is C24H21Cl2N3O2. The van der Waals surface area contributed by atoms with E-state index in [9.17, 15) is 10.1 Å². The van der Waals surface area contributed by atoms with Crippen LogP contribution in [0.25, 0.3) is 17.0 Å². The van der Waals surface area contributed by atoms with Crippen LogP contribution in [-0.2, 0) is 16.1 Å². The zero-order valence-corrected chi connectivity index (χ0v) is 18.3. The van der Waals surface area contributed by atoms with E-state index in [4.69, 9.17) is 27.9 Å². The second kappa shape index (κ2) is 9.57. The highest BCUT2D eigenvalue weighted by molar-refractivity contribution is 6.42. The van der Waals surface area contributed by atoms with Crippen LogP contribution >= 0.6 is 23.2 Å². The highest BCUT2D eigenvalue weighted by Crippen LogP contribution is 2.27. The van der Waals surface area contributed by atoms with Crippen LogP contribution in [-0.4, -0.2) is 29.7 Å². The number of nitriles is 1. The van der Waals surface area contributed by atoms with Crippen molar-refractivity contribution in [2.75, 3.05) is 13.2 Å². The Balaban J connectivity index is 1.61. The molecule has 1 atom stereocenters. The van der Waals surface area contributed by atoms with Crippen LogP contribution in [0.1, 0.15) is 24.0 Å². The summed E-state index contributed by atoms with van der Waals surface area (Å²) in [5.41, 5.74) is 2.87. The summed E-state index contributed by atoms with van der Waals surface area (Å²) in [6.07, 6.45) is 5.53. The SMILES string of the molecule is N#C/C(=C/c1cn(Cc2ccc(Cl)c(Cl)c2)c2ccccc12)C(=O)NCC1CCCO1. The van der Waals surface area contributed by atoms with Gasteiger partial charge in [0.2, 0.25) is 0 Å². The Bertz CT molecular complexity index is 1190. The largest absolute Gasteiger partial charge is 0.376 e. The number of hydrogen-bond donors (Lipinski definition) is 1. The van der Waals surface area contributed by atoms with E-state index in [2.05, 4.69) is 9.88 Å². The number of amides is 1. The molecule has 0 saturated carbocycles. The number of nitrogens with one attached hydrogen (secondary N) is 1. The van der Waals surface area contributed by atoms with Crippen LogP contribution < -0.4 is 5.32 Å². The third kappa shape index (κ3) is 4.94. The van der Waals surface area contributed by atoms with Crippen molar-refractivity contribution in [3.8, 4) is 6.07 Å². The van der Waals surface area contributed by atoms with E-state index < -0.39 is 0 Å². The number of halogens is 2. The van der Waals surface area contributed by atoms with Gasteiger partial charge >= 0.3 is 0 Å². The zero-order valence-electron chi connectivity index (χ0n) is 16.8. The molecule has 1 fully saturated rings. The third-order valence-corrected chi connectivity index (χ3v) is 6.07. The quantitative estimate of drug-likeness (QED) is 0.411. The Morgan fingerprint density at radius 3 is 2.84 bits per heavy atom. The highest BCUT2D eigenvalue weighted by atomic mass is 35.5. The van der Waals surface area contributed by atoms with Crippen LogP contribution in [0, 0.1) is 11.3 Å². The van der Waals surface area contributed by atoms with Gasteiger partial charge in [0.15, 0.2) is 0 Å². The molecule has 1 aliphatic heterocycles. The number of carbonyl (C=O) groups excluding carboxylic acids is 1. The van der Waals surface area contributed by atoms with Gasteiger partial charge in [0.25, 0.3) is 5.91 Å². The molecular weight excluding hydrogens is 433 g/mol. The summed E-state index contributed by atoms with van der Waals surface area (Å²) in [6.45, 7) is 1.72. The molecule has 1 aromatic heterocycles. The molecule has 0 aliphatic carbocycles. The Hall–Kier alpha value is -2.78. The second-order valence-electron chi connectivity index (χ2n) is 7.49. The number of hydrogen-bond acceptors (Lipinski definition) is 3. The van der Waals surface area contributed by atoms with Crippen molar-refractivity contribution in [2.45, 2.75) is 25.5 Å². The van der Waals surface area contributed by atoms with Crippen LogP contribution in [0.3, 0.4) is 0 Å². The average Bonchev–Trinajstić information content (AvgIpc) is 3.41. The molecule has 0 spiro atoms. The van der Waals surface area contributed by atoms with Gasteiger partial charge in [-0.15, -0.1) is 0 Å². The van der Waals surface area contributed by atoms with Crippen molar-refractivity contribution in [3.63, 3.8) is 0 Å². The monoisotopic (exact) mass is 453 g/mol. The lowest BCUT2D eigenvalue weighted by molar-refractivity contribution is -0.117. The third-order valence-electron chi connectivity index (χ3n) is 5.34. The lowest BCUT2D eigenvalue weighted by Crippen LogP contribution is -2.32. The molecule has 1 saturated heterocycles. The maximum Gasteiger partial charge on any atom is 0.262 e. The number of rotatable bonds is 6. The second-order valence-corrected chi connectivity index (χ2v) is 8.31. The van der Waals surface area contributed by atoms with Gasteiger partial charge in [-0.25, -0.2) is 0 Å². The van der Waals surface area contributed by atoms with Crippen molar-refractivity contribution >= 4 is 46.1 Å². The van der Waals surface area contributed by atoms with Gasteiger partial charge in [0.1, 0.15) is 11.6 Å². The van der Waals surface area contributed by atoms with E-state index >= 15 is 0 Å². The number of ether oxygens (including phenoxy) is 1. The predicted molar refractivity (Wildman–Crippen MR) is 123 cm³/mol. The minimum atomic E-state index is -0.390. The van der Waals surface area contributed by atoms with E-state index in [-0.39, 0.29) is 17.6 Å². The summed E-state index contributed by atoms with van der Waals surface area (Å²) in [6, 6.07) is 15.5. The van der Waals surface area contributed by atoms with E-state index in [1.165, 1.54) is 0 Å². The Kier molecular flexibility index (Phi) is 6.62. The van der Waals surface area contributed by atoms with Crippen molar-refractivity contribution in [3.05, 3.63) is 75.4 Å². The standard InChI is InChI=1S/C24H21Cl2N3O2/c25-21-8-7-16(10-22(21)26)14-29-15-18(20-5-1-2-6-23(20)29)11-17(12-27)24(30)28-13-19-4-3-9-31-19/h1-2,5-8,10-11,15,19H,3-4,9,13-14H2,(H,28,30)/b17-11-. The summed E-state index contributed by atoms with van der Waals surface area (Å²) in [7, 11) is 0. The molecule has 1 N–H and O–H groups in total. The zero-order chi connectivity index (χ0) is 21.8. The van der Waals surface area contributed by atoms with Crippen molar-refractivity contribution < 1.29 is 9.53 Å². The average molecular weight is 454 g/mol. The Morgan fingerprint density at radius 2 is 2.10 bits per heavy atom. The molecule has 1 amide bonds. The molecule has 2 heterocycles. The maximum atomic E-state index is 12.5. The Labute approximate surface area is 190 Å². The summed E-state index contributed by atoms with van der Waals surface area (Å²) in [5.74, 6) is -0.390. The topological polar surface area (TPSA) is 67.0 Å². The van der Waals surface area contributed by atoms with E-state index in [1.54, 1.807) is 12.1 Å². The predicted octanol–water partition coefficient (Wildman–Crippen LogP) is 5.20. The van der Waals surface area contributed by atoms with E-state index in [0.717, 1.165) is 41.5 Å². The molecule has 0 bridgehead atoms. The fraction of sp³-hybridized carbons (Fsp3) is 0.250. The number of nitrogens with zero attached hydrogens (tertiary/aromatic N) is 2.